The Morgan fingerprint density at radius 1 is 0.930 bits per heavy atom. The number of aromatic nitrogens is 4. The molecule has 1 unspecified atom stereocenters. The molecule has 0 saturated carbocycles. The van der Waals surface area contributed by atoms with Gasteiger partial charge in [-0.1, -0.05) is 23.2 Å². The van der Waals surface area contributed by atoms with Crippen molar-refractivity contribution in [3.05, 3.63) is 77.0 Å². The zero-order chi connectivity index (χ0) is 30.7. The Morgan fingerprint density at radius 2 is 1.51 bits per heavy atom. The highest BCUT2D eigenvalue weighted by atomic mass is 35.5. The monoisotopic (exact) mass is 636 g/mol. The molecule has 0 aliphatic carbocycles. The maximum atomic E-state index is 15.3. The molecule has 0 spiro atoms. The van der Waals surface area contributed by atoms with Gasteiger partial charge in [-0.15, -0.1) is 0 Å². The van der Waals surface area contributed by atoms with Crippen LogP contribution >= 0.6 is 23.2 Å². The van der Waals surface area contributed by atoms with Crippen LogP contribution in [0.2, 0.25) is 10.3 Å². The van der Waals surface area contributed by atoms with Crippen molar-refractivity contribution >= 4 is 34.6 Å². The molecule has 0 amide bonds. The van der Waals surface area contributed by atoms with Crippen LogP contribution in [0.5, 0.6) is 11.5 Å². The van der Waals surface area contributed by atoms with Crippen LogP contribution in [-0.2, 0) is 26.2 Å². The van der Waals surface area contributed by atoms with Gasteiger partial charge >= 0.3 is 5.69 Å². The summed E-state index contributed by atoms with van der Waals surface area (Å²) in [5, 5.41) is 21.0. The molecule has 0 fully saturated rings. The summed E-state index contributed by atoms with van der Waals surface area (Å²) < 4.78 is 41.7. The minimum absolute atomic E-state index is 0.0276. The molecule has 2 aliphatic rings. The Balaban J connectivity index is 1.23. The Bertz CT molecular complexity index is 1930. The van der Waals surface area contributed by atoms with E-state index in [2.05, 4.69) is 0 Å². The van der Waals surface area contributed by atoms with Crippen LogP contribution < -0.4 is 21.6 Å². The van der Waals surface area contributed by atoms with E-state index in [1.165, 1.54) is 20.1 Å². The minimum Gasteiger partial charge on any atom is -0.502 e. The van der Waals surface area contributed by atoms with Gasteiger partial charge in [-0.3, -0.25) is 29.1 Å². The first kappa shape index (κ1) is 28.8. The molecule has 1 atom stereocenters. The molecule has 16 heteroatoms. The van der Waals surface area contributed by atoms with Crippen LogP contribution in [0.3, 0.4) is 0 Å². The summed E-state index contributed by atoms with van der Waals surface area (Å²) in [5.74, 6) is -2.87. The van der Waals surface area contributed by atoms with Crippen molar-refractivity contribution in [2.45, 2.75) is 45.4 Å². The second kappa shape index (κ2) is 10.8. The van der Waals surface area contributed by atoms with Crippen LogP contribution in [0.4, 0.5) is 20.2 Å². The molecule has 3 N–H and O–H groups in total. The molecular formula is C27H24Cl2F2N6O6. The van der Waals surface area contributed by atoms with E-state index in [4.69, 9.17) is 33.7 Å². The summed E-state index contributed by atoms with van der Waals surface area (Å²) in [4.78, 5) is 36.6. The van der Waals surface area contributed by atoms with Gasteiger partial charge in [0.15, 0.2) is 5.75 Å². The lowest BCUT2D eigenvalue weighted by molar-refractivity contribution is -0.385. The first-order valence-electron chi connectivity index (χ1n) is 13.4. The summed E-state index contributed by atoms with van der Waals surface area (Å²) in [6.45, 7) is 1.42. The van der Waals surface area contributed by atoms with E-state index >= 15 is 4.39 Å². The molecule has 12 nitrogen and oxygen atoms in total. The zero-order valence-corrected chi connectivity index (χ0v) is 23.9. The number of nitrogens with two attached hydrogens (primary N) is 1. The fourth-order valence-corrected chi connectivity index (χ4v) is 6.42. The second-order valence-electron chi connectivity index (χ2n) is 10.5. The average molecular weight is 637 g/mol. The Morgan fingerprint density at radius 3 is 2.16 bits per heavy atom. The van der Waals surface area contributed by atoms with Gasteiger partial charge in [0.05, 0.1) is 28.3 Å². The lowest BCUT2D eigenvalue weighted by Gasteiger charge is -2.26. The Hall–Kier alpha value is -4.30. The highest BCUT2D eigenvalue weighted by Crippen LogP contribution is 2.38. The Kier molecular flexibility index (Phi) is 7.21. The van der Waals surface area contributed by atoms with Crippen molar-refractivity contribution in [3.8, 4) is 33.8 Å². The topological polar surface area (TPSA) is 152 Å². The molecule has 0 saturated heterocycles. The van der Waals surface area contributed by atoms with Gasteiger partial charge in [0.25, 0.3) is 11.1 Å². The molecular weight excluding hydrogens is 613 g/mol. The van der Waals surface area contributed by atoms with E-state index in [1.54, 1.807) is 4.68 Å². The molecule has 0 bridgehead atoms. The van der Waals surface area contributed by atoms with E-state index < -0.39 is 44.7 Å². The summed E-state index contributed by atoms with van der Waals surface area (Å²) in [5.41, 5.74) is 3.76. The van der Waals surface area contributed by atoms with Crippen molar-refractivity contribution in [3.63, 3.8) is 0 Å². The highest BCUT2D eigenvalue weighted by Gasteiger charge is 2.30. The fourth-order valence-electron chi connectivity index (χ4n) is 5.70. The van der Waals surface area contributed by atoms with Gasteiger partial charge in [-0.2, -0.15) is 0 Å². The molecule has 4 aromatic rings. The van der Waals surface area contributed by atoms with Gasteiger partial charge in [0.2, 0.25) is 0 Å². The zero-order valence-electron chi connectivity index (χ0n) is 22.4. The Labute approximate surface area is 251 Å². The van der Waals surface area contributed by atoms with Crippen molar-refractivity contribution in [2.75, 3.05) is 12.3 Å². The van der Waals surface area contributed by atoms with Gasteiger partial charge in [-0.05, 0) is 25.3 Å². The van der Waals surface area contributed by atoms with Crippen LogP contribution in [0.25, 0.3) is 22.3 Å². The van der Waals surface area contributed by atoms with E-state index in [0.717, 1.165) is 25.0 Å². The normalized spacial score (nSPS) is 16.1. The van der Waals surface area contributed by atoms with Crippen molar-refractivity contribution in [2.24, 2.45) is 5.92 Å². The van der Waals surface area contributed by atoms with Crippen LogP contribution in [0, 0.1) is 27.7 Å². The summed E-state index contributed by atoms with van der Waals surface area (Å²) in [7, 11) is 0. The third-order valence-corrected chi connectivity index (χ3v) is 8.66. The van der Waals surface area contributed by atoms with E-state index in [0.29, 0.717) is 25.6 Å². The van der Waals surface area contributed by atoms with Crippen LogP contribution in [0.15, 0.2) is 33.9 Å². The quantitative estimate of drug-likeness (QED) is 0.178. The molecule has 226 valence electrons. The molecule has 2 aliphatic heterocycles. The molecule has 6 rings (SSSR count). The van der Waals surface area contributed by atoms with Gasteiger partial charge in [0, 0.05) is 61.4 Å². The number of benzene rings is 2. The minimum atomic E-state index is -1.05. The lowest BCUT2D eigenvalue weighted by atomic mass is 10.1. The third kappa shape index (κ3) is 4.74. The van der Waals surface area contributed by atoms with Crippen molar-refractivity contribution in [1.29, 1.82) is 0 Å². The number of nitro benzene ring substituents is 1. The number of phenols is 1. The number of rotatable bonds is 6. The summed E-state index contributed by atoms with van der Waals surface area (Å²) in [6.07, 6.45) is 2.15. The van der Waals surface area contributed by atoms with E-state index in [-0.39, 0.29) is 64.0 Å². The third-order valence-electron chi connectivity index (χ3n) is 7.89. The predicted molar refractivity (Wildman–Crippen MR) is 154 cm³/mol. The first-order chi connectivity index (χ1) is 20.5. The number of phenolic OH excluding ortho intramolecular Hbond substituents is 1. The molecule has 43 heavy (non-hydrogen) atoms. The number of hydrogen-bond donors (Lipinski definition) is 2. The van der Waals surface area contributed by atoms with Gasteiger partial charge in [-0.25, -0.2) is 18.1 Å². The predicted octanol–water partition coefficient (Wildman–Crippen LogP) is 4.62. The number of aromatic hydroxyl groups is 1. The summed E-state index contributed by atoms with van der Waals surface area (Å²) >= 11 is 12.9. The summed E-state index contributed by atoms with van der Waals surface area (Å²) in [6, 6.07) is 3.74. The van der Waals surface area contributed by atoms with Gasteiger partial charge in [0.1, 0.15) is 27.7 Å². The average Bonchev–Trinajstić information content (AvgIpc) is 3.37. The maximum absolute atomic E-state index is 15.3. The highest BCUT2D eigenvalue weighted by molar-refractivity contribution is 6.32. The standard InChI is InChI=1S/C27H24Cl2F2N6O6/c28-24-22(26(39)35-5-2-1-4-33(24)35)14-7-18(32)21(10-17(14)31)43-12-13-3-6-34-25(29)23(27(40)36(34)11-13)15-8-19(37(41)42)20(38)9-16(15)30/h7-10,13,38H,1-6,11-12,32H2. The molecule has 4 heterocycles. The fraction of sp³-hybridized carbons (Fsp3) is 0.333. The molecule has 0 radical (unpaired) electrons. The number of fused-ring (bicyclic) bond motifs is 2. The first-order valence-corrected chi connectivity index (χ1v) is 14.1. The van der Waals surface area contributed by atoms with Crippen molar-refractivity contribution in [1.82, 2.24) is 18.7 Å². The smallest absolute Gasteiger partial charge is 0.311 e. The number of nitrogens with zero attached hydrogens (tertiary/aromatic N) is 5. The number of hydrogen-bond acceptors (Lipinski definition) is 7. The maximum Gasteiger partial charge on any atom is 0.311 e. The largest absolute Gasteiger partial charge is 0.502 e. The SMILES string of the molecule is Nc1cc(-c2c(Cl)n3n(c2=O)CCCC3)c(F)cc1OCC1CCn2c(Cl)c(-c3cc([N+](=O)[O-])c(O)cc3F)c(=O)n2C1. The van der Waals surface area contributed by atoms with Crippen LogP contribution in [0.1, 0.15) is 19.3 Å². The number of nitrogen functional groups attached to an aromatic ring is 1. The van der Waals surface area contributed by atoms with E-state index in [9.17, 15) is 29.2 Å². The van der Waals surface area contributed by atoms with Gasteiger partial charge < -0.3 is 15.6 Å². The van der Waals surface area contributed by atoms with Crippen LogP contribution in [-0.4, -0.2) is 35.4 Å². The number of ether oxygens (including phenoxy) is 1. The number of halogens is 4. The molecule has 2 aromatic carbocycles. The van der Waals surface area contributed by atoms with Crippen molar-refractivity contribution < 1.29 is 23.5 Å². The number of anilines is 1. The number of nitro groups is 1. The molecule has 2 aromatic heterocycles. The van der Waals surface area contributed by atoms with E-state index in [1.807, 2.05) is 0 Å². The lowest BCUT2D eigenvalue weighted by Crippen LogP contribution is -2.35. The second-order valence-corrected chi connectivity index (χ2v) is 11.2.